The lowest BCUT2D eigenvalue weighted by Crippen LogP contribution is -2.29. The number of rotatable bonds is 14. The van der Waals surface area contributed by atoms with Crippen molar-refractivity contribution in [1.29, 1.82) is 0 Å². The number of halogens is 1. The molecular formula is C29H38FN3OS. The van der Waals surface area contributed by atoms with Gasteiger partial charge < -0.3 is 10.6 Å². The smallest absolute Gasteiger partial charge is 0.319 e. The van der Waals surface area contributed by atoms with E-state index in [1.54, 1.807) is 23.5 Å². The number of carbonyl (C=O) groups is 1. The highest BCUT2D eigenvalue weighted by Gasteiger charge is 2.13. The summed E-state index contributed by atoms with van der Waals surface area (Å²) in [5.74, 6) is -0.260. The molecule has 35 heavy (non-hydrogen) atoms. The van der Waals surface area contributed by atoms with Gasteiger partial charge >= 0.3 is 6.03 Å². The first-order valence-corrected chi connectivity index (χ1v) is 13.8. The summed E-state index contributed by atoms with van der Waals surface area (Å²) >= 11 is 1.61. The number of urea groups is 1. The highest BCUT2D eigenvalue weighted by atomic mass is 32.1. The van der Waals surface area contributed by atoms with Gasteiger partial charge in [0.25, 0.3) is 0 Å². The minimum atomic E-state index is -0.260. The van der Waals surface area contributed by atoms with Gasteiger partial charge in [-0.05, 0) is 55.3 Å². The van der Waals surface area contributed by atoms with E-state index < -0.39 is 0 Å². The maximum Gasteiger partial charge on any atom is 0.319 e. The lowest BCUT2D eigenvalue weighted by atomic mass is 10.1. The summed E-state index contributed by atoms with van der Waals surface area (Å²) in [5, 5.41) is 6.81. The second kappa shape index (κ2) is 14.6. The number of nitrogens with zero attached hydrogens (tertiary/aromatic N) is 1. The van der Waals surface area contributed by atoms with Crippen molar-refractivity contribution in [2.75, 3.05) is 11.9 Å². The maximum atomic E-state index is 13.3. The number of benzene rings is 2. The largest absolute Gasteiger partial charge is 0.338 e. The van der Waals surface area contributed by atoms with Crippen LogP contribution >= 0.6 is 11.3 Å². The Balaban J connectivity index is 1.39. The van der Waals surface area contributed by atoms with Crippen LogP contribution in [0.5, 0.6) is 0 Å². The summed E-state index contributed by atoms with van der Waals surface area (Å²) in [6.07, 6.45) is 12.8. The van der Waals surface area contributed by atoms with Gasteiger partial charge in [0, 0.05) is 17.8 Å². The van der Waals surface area contributed by atoms with Gasteiger partial charge in [0.2, 0.25) is 0 Å². The summed E-state index contributed by atoms with van der Waals surface area (Å²) in [7, 11) is 0. The summed E-state index contributed by atoms with van der Waals surface area (Å²) in [6, 6.07) is 14.0. The highest BCUT2D eigenvalue weighted by molar-refractivity contribution is 7.15. The molecule has 0 saturated carbocycles. The van der Waals surface area contributed by atoms with Gasteiger partial charge in [-0.2, -0.15) is 0 Å². The van der Waals surface area contributed by atoms with Crippen molar-refractivity contribution in [2.45, 2.75) is 78.1 Å². The molecule has 0 radical (unpaired) electrons. The van der Waals surface area contributed by atoms with Crippen LogP contribution in [-0.2, 0) is 0 Å². The predicted octanol–water partition coefficient (Wildman–Crippen LogP) is 8.97. The summed E-state index contributed by atoms with van der Waals surface area (Å²) < 4.78 is 13.3. The fraction of sp³-hybridized carbons (Fsp3) is 0.448. The van der Waals surface area contributed by atoms with E-state index in [4.69, 9.17) is 0 Å². The van der Waals surface area contributed by atoms with E-state index in [9.17, 15) is 9.18 Å². The zero-order valence-corrected chi connectivity index (χ0v) is 21.9. The van der Waals surface area contributed by atoms with Gasteiger partial charge in [-0.25, -0.2) is 14.2 Å². The van der Waals surface area contributed by atoms with Crippen LogP contribution in [0.3, 0.4) is 0 Å². The fourth-order valence-electron chi connectivity index (χ4n) is 4.12. The molecule has 2 aromatic carbocycles. The Kier molecular flexibility index (Phi) is 11.2. The Morgan fingerprint density at radius 3 is 2.03 bits per heavy atom. The zero-order valence-electron chi connectivity index (χ0n) is 21.0. The van der Waals surface area contributed by atoms with Crippen LogP contribution in [0.4, 0.5) is 14.9 Å². The van der Waals surface area contributed by atoms with E-state index in [0.29, 0.717) is 6.54 Å². The van der Waals surface area contributed by atoms with E-state index in [0.717, 1.165) is 45.2 Å². The fourth-order valence-corrected chi connectivity index (χ4v) is 5.07. The lowest BCUT2D eigenvalue weighted by molar-refractivity contribution is 0.252. The average molecular weight is 496 g/mol. The molecule has 0 saturated heterocycles. The van der Waals surface area contributed by atoms with Gasteiger partial charge in [-0.15, -0.1) is 11.3 Å². The molecule has 0 aliphatic heterocycles. The highest BCUT2D eigenvalue weighted by Crippen LogP contribution is 2.37. The van der Waals surface area contributed by atoms with Crippen LogP contribution in [0.2, 0.25) is 0 Å². The molecule has 2 N–H and O–H groups in total. The van der Waals surface area contributed by atoms with Crippen molar-refractivity contribution in [3.05, 3.63) is 59.4 Å². The standard InChI is InChI=1S/C29H38FN3OS/c1-3-4-5-6-7-8-9-10-11-12-21-31-29(34)33-26-19-15-24(16-20-26)28-27(32-22(2)35-28)23-13-17-25(30)18-14-23/h13-20H,3-12,21H2,1-2H3,(H2,31,33,34). The molecule has 1 heterocycles. The Labute approximate surface area is 213 Å². The molecule has 0 unspecified atom stereocenters. The molecule has 0 bridgehead atoms. The molecule has 0 aliphatic carbocycles. The Hall–Kier alpha value is -2.73. The van der Waals surface area contributed by atoms with E-state index in [1.807, 2.05) is 31.2 Å². The zero-order chi connectivity index (χ0) is 24.9. The van der Waals surface area contributed by atoms with Crippen LogP contribution in [-0.4, -0.2) is 17.6 Å². The number of anilines is 1. The molecule has 0 aliphatic rings. The van der Waals surface area contributed by atoms with Crippen molar-refractivity contribution in [3.63, 3.8) is 0 Å². The minimum Gasteiger partial charge on any atom is -0.338 e. The SMILES string of the molecule is CCCCCCCCCCCCNC(=O)Nc1ccc(-c2sc(C)nc2-c2ccc(F)cc2)cc1. The quantitative estimate of drug-likeness (QED) is 0.219. The summed E-state index contributed by atoms with van der Waals surface area (Å²) in [5.41, 5.74) is 3.51. The number of unbranched alkanes of at least 4 members (excludes halogenated alkanes) is 9. The van der Waals surface area contributed by atoms with E-state index >= 15 is 0 Å². The Morgan fingerprint density at radius 2 is 1.40 bits per heavy atom. The Morgan fingerprint density at radius 1 is 0.829 bits per heavy atom. The van der Waals surface area contributed by atoms with Crippen molar-refractivity contribution in [3.8, 4) is 21.7 Å². The number of amides is 2. The number of nitrogens with one attached hydrogen (secondary N) is 2. The van der Waals surface area contributed by atoms with Gasteiger partial charge in [-0.1, -0.05) is 76.8 Å². The lowest BCUT2D eigenvalue weighted by Gasteiger charge is -2.09. The second-order valence-electron chi connectivity index (χ2n) is 9.06. The van der Waals surface area contributed by atoms with Gasteiger partial charge in [0.05, 0.1) is 15.6 Å². The average Bonchev–Trinajstić information content (AvgIpc) is 3.25. The second-order valence-corrected chi connectivity index (χ2v) is 10.3. The molecule has 4 nitrogen and oxygen atoms in total. The van der Waals surface area contributed by atoms with Crippen molar-refractivity contribution in [2.24, 2.45) is 0 Å². The first-order chi connectivity index (χ1) is 17.1. The number of thiazole rings is 1. The van der Waals surface area contributed by atoms with Crippen LogP contribution in [0.15, 0.2) is 48.5 Å². The monoisotopic (exact) mass is 495 g/mol. The van der Waals surface area contributed by atoms with Crippen molar-refractivity contribution < 1.29 is 9.18 Å². The van der Waals surface area contributed by atoms with Crippen LogP contribution in [0, 0.1) is 12.7 Å². The Bertz CT molecular complexity index is 1030. The third-order valence-corrected chi connectivity index (χ3v) is 7.09. The van der Waals surface area contributed by atoms with E-state index in [2.05, 4.69) is 22.5 Å². The van der Waals surface area contributed by atoms with Gasteiger partial charge in [-0.3, -0.25) is 0 Å². The summed E-state index contributed by atoms with van der Waals surface area (Å²) in [6.45, 7) is 4.92. The molecule has 2 amide bonds. The van der Waals surface area contributed by atoms with Crippen LogP contribution in [0.25, 0.3) is 21.7 Å². The molecule has 3 rings (SSSR count). The first kappa shape index (κ1) is 26.9. The maximum absolute atomic E-state index is 13.3. The van der Waals surface area contributed by atoms with Gasteiger partial charge in [0.15, 0.2) is 0 Å². The third kappa shape index (κ3) is 9.10. The molecule has 188 valence electrons. The molecule has 0 atom stereocenters. The topological polar surface area (TPSA) is 54.0 Å². The van der Waals surface area contributed by atoms with E-state index in [1.165, 1.54) is 63.5 Å². The number of aryl methyl sites for hydroxylation is 1. The van der Waals surface area contributed by atoms with Crippen molar-refractivity contribution in [1.82, 2.24) is 10.3 Å². The minimum absolute atomic E-state index is 0.172. The molecule has 3 aromatic rings. The van der Waals surface area contributed by atoms with Gasteiger partial charge in [0.1, 0.15) is 5.82 Å². The number of aromatic nitrogens is 1. The van der Waals surface area contributed by atoms with Crippen LogP contribution < -0.4 is 10.6 Å². The molecule has 0 fully saturated rings. The number of carbonyl (C=O) groups excluding carboxylic acids is 1. The number of hydrogen-bond acceptors (Lipinski definition) is 3. The molecule has 1 aromatic heterocycles. The molecular weight excluding hydrogens is 457 g/mol. The molecule has 6 heteroatoms. The first-order valence-electron chi connectivity index (χ1n) is 13.0. The van der Waals surface area contributed by atoms with Crippen molar-refractivity contribution >= 4 is 23.1 Å². The van der Waals surface area contributed by atoms with Crippen LogP contribution in [0.1, 0.15) is 76.1 Å². The molecule has 0 spiro atoms. The normalized spacial score (nSPS) is 10.9. The number of hydrogen-bond donors (Lipinski definition) is 2. The third-order valence-electron chi connectivity index (χ3n) is 6.07. The summed E-state index contributed by atoms with van der Waals surface area (Å²) in [4.78, 5) is 17.9. The van der Waals surface area contributed by atoms with E-state index in [-0.39, 0.29) is 11.8 Å². The predicted molar refractivity (Wildman–Crippen MR) is 147 cm³/mol.